The van der Waals surface area contributed by atoms with Crippen molar-refractivity contribution in [3.8, 4) is 0 Å². The van der Waals surface area contributed by atoms with Crippen LogP contribution in [0.25, 0.3) is 0 Å². The van der Waals surface area contributed by atoms with Crippen molar-refractivity contribution in [1.29, 1.82) is 0 Å². The average Bonchev–Trinajstić information content (AvgIpc) is 3.24. The first-order chi connectivity index (χ1) is 15.5. The summed E-state index contributed by atoms with van der Waals surface area (Å²) in [4.78, 5) is 23.4. The van der Waals surface area contributed by atoms with E-state index in [1.165, 1.54) is 18.4 Å². The van der Waals surface area contributed by atoms with Gasteiger partial charge >= 0.3 is 0 Å². The Labute approximate surface area is 192 Å². The summed E-state index contributed by atoms with van der Waals surface area (Å²) in [5.74, 6) is 0.0922. The highest BCUT2D eigenvalue weighted by atomic mass is 35.5. The topological polar surface area (TPSA) is 52.8 Å². The SMILES string of the molecule is CN1CCN(C(=O)c2coc(CN(Cc3ccc(F)cc3)Cc3cccc(Cl)c3)n2)CC1. The van der Waals surface area contributed by atoms with Crippen molar-refractivity contribution < 1.29 is 13.6 Å². The van der Waals surface area contributed by atoms with Crippen LogP contribution in [0.2, 0.25) is 5.02 Å². The van der Waals surface area contributed by atoms with E-state index < -0.39 is 0 Å². The first-order valence-electron chi connectivity index (χ1n) is 10.6. The second-order valence-corrected chi connectivity index (χ2v) is 8.56. The normalized spacial score (nSPS) is 14.8. The smallest absolute Gasteiger partial charge is 0.275 e. The molecular weight excluding hydrogens is 431 g/mol. The van der Waals surface area contributed by atoms with E-state index >= 15 is 0 Å². The number of benzene rings is 2. The lowest BCUT2D eigenvalue weighted by Gasteiger charge is -2.31. The summed E-state index contributed by atoms with van der Waals surface area (Å²) < 4.78 is 19.0. The highest BCUT2D eigenvalue weighted by Gasteiger charge is 2.23. The molecule has 2 heterocycles. The highest BCUT2D eigenvalue weighted by Crippen LogP contribution is 2.18. The Hall–Kier alpha value is -2.74. The zero-order valence-corrected chi connectivity index (χ0v) is 18.8. The molecule has 1 aliphatic heterocycles. The summed E-state index contributed by atoms with van der Waals surface area (Å²) in [6.07, 6.45) is 1.44. The van der Waals surface area contributed by atoms with E-state index in [1.54, 1.807) is 12.1 Å². The van der Waals surface area contributed by atoms with Gasteiger partial charge in [0.25, 0.3) is 5.91 Å². The predicted molar refractivity (Wildman–Crippen MR) is 121 cm³/mol. The van der Waals surface area contributed by atoms with Gasteiger partial charge in [-0.2, -0.15) is 0 Å². The van der Waals surface area contributed by atoms with E-state index in [1.807, 2.05) is 36.2 Å². The minimum atomic E-state index is -0.269. The standard InChI is InChI=1S/C24H26ClFN4O2/c1-28-9-11-30(12-10-28)24(31)22-17-32-23(27-22)16-29(14-18-5-7-21(26)8-6-18)15-19-3-2-4-20(25)13-19/h2-8,13,17H,9-12,14-16H2,1H3. The van der Waals surface area contributed by atoms with Crippen molar-refractivity contribution in [3.05, 3.63) is 88.3 Å². The summed E-state index contributed by atoms with van der Waals surface area (Å²) in [6, 6.07) is 14.1. The summed E-state index contributed by atoms with van der Waals surface area (Å²) in [7, 11) is 2.05. The van der Waals surface area contributed by atoms with Crippen molar-refractivity contribution in [3.63, 3.8) is 0 Å². The van der Waals surface area contributed by atoms with Gasteiger partial charge in [-0.1, -0.05) is 35.9 Å². The maximum absolute atomic E-state index is 13.3. The Morgan fingerprint density at radius 2 is 1.78 bits per heavy atom. The Balaban J connectivity index is 1.47. The molecule has 0 radical (unpaired) electrons. The van der Waals surface area contributed by atoms with Crippen LogP contribution < -0.4 is 0 Å². The first kappa shape index (κ1) is 22.5. The molecule has 1 fully saturated rings. The number of hydrogen-bond donors (Lipinski definition) is 0. The van der Waals surface area contributed by atoms with Crippen LogP contribution in [0.1, 0.15) is 27.5 Å². The van der Waals surface area contributed by atoms with Crippen LogP contribution >= 0.6 is 11.6 Å². The zero-order valence-electron chi connectivity index (χ0n) is 18.0. The Morgan fingerprint density at radius 3 is 2.50 bits per heavy atom. The molecule has 2 aromatic carbocycles. The van der Waals surface area contributed by atoms with Gasteiger partial charge in [-0.05, 0) is 42.4 Å². The molecule has 0 N–H and O–H groups in total. The molecule has 0 spiro atoms. The number of rotatable bonds is 7. The number of likely N-dealkylation sites (N-methyl/N-ethyl adjacent to an activating group) is 1. The van der Waals surface area contributed by atoms with Crippen molar-refractivity contribution >= 4 is 17.5 Å². The van der Waals surface area contributed by atoms with Crippen LogP contribution in [-0.4, -0.2) is 58.8 Å². The summed E-state index contributed by atoms with van der Waals surface area (Å²) >= 11 is 6.15. The molecular formula is C24H26ClFN4O2. The van der Waals surface area contributed by atoms with E-state index in [0.29, 0.717) is 49.3 Å². The van der Waals surface area contributed by atoms with Gasteiger partial charge < -0.3 is 14.2 Å². The molecule has 32 heavy (non-hydrogen) atoms. The lowest BCUT2D eigenvalue weighted by Crippen LogP contribution is -2.47. The quantitative estimate of drug-likeness (QED) is 0.536. The molecule has 3 aromatic rings. The van der Waals surface area contributed by atoms with Gasteiger partial charge in [0.1, 0.15) is 12.1 Å². The van der Waals surface area contributed by atoms with E-state index in [4.69, 9.17) is 16.0 Å². The Morgan fingerprint density at radius 1 is 1.06 bits per heavy atom. The largest absolute Gasteiger partial charge is 0.447 e. The van der Waals surface area contributed by atoms with Crippen molar-refractivity contribution in [1.82, 2.24) is 19.7 Å². The summed E-state index contributed by atoms with van der Waals surface area (Å²) in [6.45, 7) is 4.63. The van der Waals surface area contributed by atoms with E-state index in [9.17, 15) is 9.18 Å². The summed E-state index contributed by atoms with van der Waals surface area (Å²) in [5, 5.41) is 0.667. The molecule has 0 aliphatic carbocycles. The molecule has 1 amide bonds. The van der Waals surface area contributed by atoms with Gasteiger partial charge in [0.2, 0.25) is 5.89 Å². The number of hydrogen-bond acceptors (Lipinski definition) is 5. The third-order valence-corrected chi connectivity index (χ3v) is 5.77. The second kappa shape index (κ2) is 10.3. The lowest BCUT2D eigenvalue weighted by molar-refractivity contribution is 0.0658. The highest BCUT2D eigenvalue weighted by molar-refractivity contribution is 6.30. The Kier molecular flexibility index (Phi) is 7.19. The minimum Gasteiger partial charge on any atom is -0.447 e. The van der Waals surface area contributed by atoms with Crippen LogP contribution in [0, 0.1) is 5.82 Å². The molecule has 0 saturated carbocycles. The number of carbonyl (C=O) groups is 1. The number of oxazole rings is 1. The number of amides is 1. The average molecular weight is 457 g/mol. The van der Waals surface area contributed by atoms with Gasteiger partial charge in [-0.25, -0.2) is 9.37 Å². The molecule has 1 aliphatic rings. The maximum Gasteiger partial charge on any atom is 0.275 e. The van der Waals surface area contributed by atoms with E-state index in [-0.39, 0.29) is 11.7 Å². The van der Waals surface area contributed by atoms with Crippen LogP contribution in [-0.2, 0) is 19.6 Å². The number of piperazine rings is 1. The van der Waals surface area contributed by atoms with Crippen molar-refractivity contribution in [2.75, 3.05) is 33.2 Å². The van der Waals surface area contributed by atoms with Crippen molar-refractivity contribution in [2.24, 2.45) is 0 Å². The number of aromatic nitrogens is 1. The molecule has 6 nitrogen and oxygen atoms in total. The molecule has 1 aromatic heterocycles. The van der Waals surface area contributed by atoms with Gasteiger partial charge in [0.15, 0.2) is 5.69 Å². The van der Waals surface area contributed by atoms with Crippen LogP contribution in [0.4, 0.5) is 4.39 Å². The fraction of sp³-hybridized carbons (Fsp3) is 0.333. The minimum absolute atomic E-state index is 0.104. The van der Waals surface area contributed by atoms with Crippen LogP contribution in [0.5, 0.6) is 0 Å². The third kappa shape index (κ3) is 5.94. The lowest BCUT2D eigenvalue weighted by atomic mass is 10.1. The van der Waals surface area contributed by atoms with E-state index in [2.05, 4.69) is 14.8 Å². The summed E-state index contributed by atoms with van der Waals surface area (Å²) in [5.41, 5.74) is 2.34. The molecule has 4 rings (SSSR count). The zero-order chi connectivity index (χ0) is 22.5. The molecule has 0 unspecified atom stereocenters. The van der Waals surface area contributed by atoms with E-state index in [0.717, 1.165) is 24.2 Å². The number of carbonyl (C=O) groups excluding carboxylic acids is 1. The fourth-order valence-corrected chi connectivity index (χ4v) is 3.97. The molecule has 1 saturated heterocycles. The second-order valence-electron chi connectivity index (χ2n) is 8.12. The van der Waals surface area contributed by atoms with Crippen LogP contribution in [0.3, 0.4) is 0 Å². The van der Waals surface area contributed by atoms with Crippen molar-refractivity contribution in [2.45, 2.75) is 19.6 Å². The fourth-order valence-electron chi connectivity index (χ4n) is 3.75. The number of halogens is 2. The van der Waals surface area contributed by atoms with Gasteiger partial charge in [0, 0.05) is 44.3 Å². The third-order valence-electron chi connectivity index (χ3n) is 5.53. The predicted octanol–water partition coefficient (Wildman–Crippen LogP) is 4.06. The number of nitrogens with zero attached hydrogens (tertiary/aromatic N) is 4. The monoisotopic (exact) mass is 456 g/mol. The van der Waals surface area contributed by atoms with Gasteiger partial charge in [-0.15, -0.1) is 0 Å². The first-order valence-corrected chi connectivity index (χ1v) is 11.0. The molecule has 8 heteroatoms. The van der Waals surface area contributed by atoms with Gasteiger partial charge in [-0.3, -0.25) is 9.69 Å². The molecule has 0 atom stereocenters. The van der Waals surface area contributed by atoms with Gasteiger partial charge in [0.05, 0.1) is 6.54 Å². The van der Waals surface area contributed by atoms with Crippen LogP contribution in [0.15, 0.2) is 59.2 Å². The molecule has 0 bridgehead atoms. The molecule has 168 valence electrons. The Bertz CT molecular complexity index is 1050. The maximum atomic E-state index is 13.3.